The maximum atomic E-state index is 12.5. The summed E-state index contributed by atoms with van der Waals surface area (Å²) in [4.78, 5) is 32.7. The highest BCUT2D eigenvalue weighted by Gasteiger charge is 2.31. The number of rotatable bonds is 11. The Kier molecular flexibility index (Phi) is 9.31. The van der Waals surface area contributed by atoms with Gasteiger partial charge in [0.2, 0.25) is 15.9 Å². The lowest BCUT2D eigenvalue weighted by molar-refractivity contribution is -0.140. The van der Waals surface area contributed by atoms with Crippen molar-refractivity contribution in [3.63, 3.8) is 0 Å². The van der Waals surface area contributed by atoms with Gasteiger partial charge in [0.05, 0.1) is 24.2 Å². The van der Waals surface area contributed by atoms with Crippen LogP contribution >= 0.6 is 0 Å². The summed E-state index contributed by atoms with van der Waals surface area (Å²) in [5.41, 5.74) is 2.42. The highest BCUT2D eigenvalue weighted by molar-refractivity contribution is 7.88. The molecule has 2 unspecified atom stereocenters. The van der Waals surface area contributed by atoms with E-state index in [4.69, 9.17) is 9.72 Å². The second-order valence-electron chi connectivity index (χ2n) is 10.5. The van der Waals surface area contributed by atoms with Crippen molar-refractivity contribution in [2.24, 2.45) is 22.7 Å². The number of amides is 1. The topological polar surface area (TPSA) is 138 Å². The van der Waals surface area contributed by atoms with E-state index in [0.717, 1.165) is 62.8 Å². The quantitative estimate of drug-likeness (QED) is 0.413. The molecular weight excluding hydrogens is 496 g/mol. The van der Waals surface area contributed by atoms with Gasteiger partial charge in [-0.05, 0) is 75.3 Å². The minimum Gasteiger partial charge on any atom is -0.481 e. The number of sulfonamides is 1. The van der Waals surface area contributed by atoms with Crippen molar-refractivity contribution in [1.29, 1.82) is 0 Å². The van der Waals surface area contributed by atoms with Crippen molar-refractivity contribution >= 4 is 33.9 Å². The third kappa shape index (κ3) is 7.81. The van der Waals surface area contributed by atoms with Gasteiger partial charge in [-0.3, -0.25) is 9.59 Å². The summed E-state index contributed by atoms with van der Waals surface area (Å²) in [6.45, 7) is 1.77. The fourth-order valence-electron chi connectivity index (χ4n) is 5.24. The lowest BCUT2D eigenvalue weighted by Gasteiger charge is -2.35. The number of carboxylic acids is 1. The fraction of sp³-hybridized carbons (Fsp3) is 0.692. The Hall–Kier alpha value is -2.37. The summed E-state index contributed by atoms with van der Waals surface area (Å²) in [6, 6.07) is 4.32. The predicted octanol–water partition coefficient (Wildman–Crippen LogP) is 2.53. The zero-order chi connectivity index (χ0) is 26.4. The van der Waals surface area contributed by atoms with Crippen molar-refractivity contribution in [1.82, 2.24) is 9.29 Å². The van der Waals surface area contributed by atoms with E-state index in [2.05, 4.69) is 22.4 Å². The van der Waals surface area contributed by atoms with Gasteiger partial charge in [0.25, 0.3) is 0 Å². The van der Waals surface area contributed by atoms with Crippen molar-refractivity contribution in [2.45, 2.75) is 63.9 Å². The van der Waals surface area contributed by atoms with Gasteiger partial charge in [-0.1, -0.05) is 6.07 Å². The van der Waals surface area contributed by atoms with Gasteiger partial charge in [0, 0.05) is 38.1 Å². The van der Waals surface area contributed by atoms with E-state index in [1.807, 2.05) is 0 Å². The van der Waals surface area contributed by atoms with Crippen LogP contribution in [0, 0.1) is 17.8 Å². The van der Waals surface area contributed by atoms with Gasteiger partial charge in [-0.15, -0.1) is 0 Å². The molecule has 0 spiro atoms. The normalized spacial score (nSPS) is 25.2. The number of aryl methyl sites for hydroxylation is 2. The number of carbonyl (C=O) groups excluding carboxylic acids is 1. The fourth-order valence-corrected chi connectivity index (χ4v) is 6.16. The number of fused-ring (bicyclic) bond motifs is 1. The van der Waals surface area contributed by atoms with E-state index in [-0.39, 0.29) is 25.7 Å². The van der Waals surface area contributed by atoms with Crippen molar-refractivity contribution in [3.8, 4) is 0 Å². The highest BCUT2D eigenvalue weighted by Crippen LogP contribution is 2.34. The Morgan fingerprint density at radius 3 is 2.89 bits per heavy atom. The molecule has 1 aromatic heterocycles. The van der Waals surface area contributed by atoms with Gasteiger partial charge < -0.3 is 15.2 Å². The molecule has 3 aliphatic rings. The molecular formula is C26H38N4O6S. The lowest BCUT2D eigenvalue weighted by atomic mass is 9.79. The van der Waals surface area contributed by atoms with Crippen LogP contribution in [0.2, 0.25) is 0 Å². The molecule has 37 heavy (non-hydrogen) atoms. The number of anilines is 1. The number of nitrogens with one attached hydrogen (secondary N) is 1. The Balaban J connectivity index is 1.14. The minimum atomic E-state index is -3.37. The first-order valence-electron chi connectivity index (χ1n) is 13.3. The number of aromatic nitrogens is 1. The van der Waals surface area contributed by atoms with Crippen molar-refractivity contribution < 1.29 is 27.9 Å². The van der Waals surface area contributed by atoms with Crippen LogP contribution in [-0.4, -0.2) is 79.5 Å². The van der Waals surface area contributed by atoms with Crippen LogP contribution in [0.4, 0.5) is 5.82 Å². The van der Waals surface area contributed by atoms with Gasteiger partial charge in [-0.2, -0.15) is 0 Å². The molecule has 1 saturated carbocycles. The Bertz CT molecular complexity index is 1100. The first-order valence-corrected chi connectivity index (χ1v) is 15.1. The Morgan fingerprint density at radius 2 is 2.14 bits per heavy atom. The molecule has 2 fully saturated rings. The molecule has 1 saturated heterocycles. The van der Waals surface area contributed by atoms with E-state index in [9.17, 15) is 23.1 Å². The van der Waals surface area contributed by atoms with Crippen LogP contribution in [-0.2, 0) is 37.2 Å². The summed E-state index contributed by atoms with van der Waals surface area (Å²) < 4.78 is 30.7. The van der Waals surface area contributed by atoms with E-state index < -0.39 is 33.7 Å². The number of carboxylic acid groups (broad SMARTS) is 1. The monoisotopic (exact) mass is 534 g/mol. The number of pyridine rings is 1. The van der Waals surface area contributed by atoms with E-state index in [1.165, 1.54) is 16.1 Å². The number of hydrogen-bond donors (Lipinski definition) is 2. The van der Waals surface area contributed by atoms with E-state index in [1.54, 1.807) is 0 Å². The molecule has 0 radical (unpaired) electrons. The molecule has 2 atom stereocenters. The maximum absolute atomic E-state index is 12.5. The first kappa shape index (κ1) is 27.7. The van der Waals surface area contributed by atoms with Crippen LogP contribution in [0.1, 0.15) is 56.2 Å². The second kappa shape index (κ2) is 12.4. The minimum absolute atomic E-state index is 0.0954. The summed E-state index contributed by atoms with van der Waals surface area (Å²) >= 11 is 0. The smallest absolute Gasteiger partial charge is 0.312 e. The largest absolute Gasteiger partial charge is 0.481 e. The molecule has 1 aromatic rings. The number of nitrogens with zero attached hydrogens (tertiary/aromatic N) is 3. The van der Waals surface area contributed by atoms with Crippen LogP contribution in [0.15, 0.2) is 17.1 Å². The Labute approximate surface area is 218 Å². The van der Waals surface area contributed by atoms with Crippen LogP contribution in [0.5, 0.6) is 0 Å². The third-order valence-corrected chi connectivity index (χ3v) is 8.91. The molecule has 4 rings (SSSR count). The number of aliphatic carboxylic acids is 1. The summed E-state index contributed by atoms with van der Waals surface area (Å²) in [5, 5.41) is 12.9. The van der Waals surface area contributed by atoms with E-state index >= 15 is 0 Å². The standard InChI is InChI=1S/C26H38N4O6S/c1-37(34,35)30-12-3-5-21(17-30)25(31)28-16-20(26(32)33)10-13-36-23-14-18(15-23)6-8-22-9-7-19-4-2-11-27-24(19)29-22/h7,9,16,18,20-21,23H,2-6,8,10-15,17H2,1H3,(H,27,29)(H,32,33). The van der Waals surface area contributed by atoms with Crippen molar-refractivity contribution in [2.75, 3.05) is 37.8 Å². The van der Waals surface area contributed by atoms with Crippen molar-refractivity contribution in [3.05, 3.63) is 23.4 Å². The number of aliphatic imine (C=N–C) groups is 1. The van der Waals surface area contributed by atoms with Gasteiger partial charge >= 0.3 is 5.97 Å². The van der Waals surface area contributed by atoms with Gasteiger partial charge in [0.15, 0.2) is 0 Å². The van der Waals surface area contributed by atoms with Gasteiger partial charge in [0.1, 0.15) is 5.82 Å². The number of hydrogen-bond acceptors (Lipinski definition) is 7. The molecule has 2 N–H and O–H groups in total. The predicted molar refractivity (Wildman–Crippen MR) is 140 cm³/mol. The summed E-state index contributed by atoms with van der Waals surface area (Å²) in [5.74, 6) is -1.35. The molecule has 1 amide bonds. The first-order chi connectivity index (χ1) is 17.7. The zero-order valence-electron chi connectivity index (χ0n) is 21.5. The van der Waals surface area contributed by atoms with Crippen LogP contribution < -0.4 is 5.32 Å². The second-order valence-corrected chi connectivity index (χ2v) is 12.5. The number of ether oxygens (including phenoxy) is 1. The zero-order valence-corrected chi connectivity index (χ0v) is 22.3. The Morgan fingerprint density at radius 1 is 1.32 bits per heavy atom. The maximum Gasteiger partial charge on any atom is 0.312 e. The van der Waals surface area contributed by atoms with Gasteiger partial charge in [-0.25, -0.2) is 22.7 Å². The number of carbonyl (C=O) groups is 2. The molecule has 0 bridgehead atoms. The van der Waals surface area contributed by atoms with E-state index in [0.29, 0.717) is 25.3 Å². The molecule has 11 heteroatoms. The average molecular weight is 535 g/mol. The molecule has 10 nitrogen and oxygen atoms in total. The van der Waals surface area contributed by atoms with Crippen LogP contribution in [0.3, 0.4) is 0 Å². The lowest BCUT2D eigenvalue weighted by Crippen LogP contribution is -2.41. The SMILES string of the molecule is CS(=O)(=O)N1CCCC(C(=O)N=CC(CCOC2CC(CCc3ccc4c(n3)NCCC4)C2)C(=O)O)C1. The molecule has 3 heterocycles. The average Bonchev–Trinajstić information content (AvgIpc) is 2.85. The number of piperidine rings is 1. The third-order valence-electron chi connectivity index (χ3n) is 7.64. The molecule has 2 aliphatic heterocycles. The summed E-state index contributed by atoms with van der Waals surface area (Å²) in [7, 11) is -3.37. The summed E-state index contributed by atoms with van der Waals surface area (Å²) in [6.07, 6.45) is 9.99. The molecule has 0 aromatic carbocycles. The highest BCUT2D eigenvalue weighted by atomic mass is 32.2. The molecule has 1 aliphatic carbocycles. The molecule has 204 valence electrons. The van der Waals surface area contributed by atoms with Crippen LogP contribution in [0.25, 0.3) is 0 Å².